The zero-order valence-electron chi connectivity index (χ0n) is 3.71. The fourth-order valence-corrected chi connectivity index (χ4v) is 0. The third kappa shape index (κ3) is 108. The average Bonchev–Trinajstić information content (AvgIpc) is 0.811. The van der Waals surface area contributed by atoms with Crippen molar-refractivity contribution in [2.24, 2.45) is 0 Å². The maximum atomic E-state index is 8.33. The largest absolute Gasteiger partial charge is 3.00 e. The Bertz CT molecular complexity index is 34.7. The molecule has 0 aliphatic heterocycles. The molecule has 0 fully saturated rings. The molecule has 0 spiro atoms. The van der Waals surface area contributed by atoms with Gasteiger partial charge in [-0.05, 0) is 6.16 Å². The van der Waals surface area contributed by atoms with Gasteiger partial charge in [0.05, 0.1) is 0 Å². The molecule has 0 saturated carbocycles. The molecule has 0 rings (SSSR count). The van der Waals surface area contributed by atoms with Gasteiger partial charge in [-0.1, -0.05) is 0 Å². The summed E-state index contributed by atoms with van der Waals surface area (Å²) in [5.41, 5.74) is 0. The molecule has 0 unspecified atom stereocenters. The molecule has 32 valence electrons. The molecule has 0 N–H and O–H groups in total. The molecule has 0 heterocycles. The van der Waals surface area contributed by atoms with Crippen LogP contribution in [0.2, 0.25) is 0 Å². The van der Waals surface area contributed by atoms with Crippen LogP contribution < -0.4 is 39.8 Å². The number of rotatable bonds is 0. The summed E-state index contributed by atoms with van der Waals surface area (Å²) >= 11 is 0. The third-order valence-corrected chi connectivity index (χ3v) is 0. The van der Waals surface area contributed by atoms with Crippen molar-refractivity contribution < 1.29 is 85.6 Å². The second kappa shape index (κ2) is 15.7. The van der Waals surface area contributed by atoms with Crippen LogP contribution in [0.1, 0.15) is 0 Å². The fraction of sp³-hybridized carbons (Fsp3) is 0. The number of carboxylic acid groups (broad SMARTS) is 2. The summed E-state index contributed by atoms with van der Waals surface area (Å²) < 4.78 is 0. The van der Waals surface area contributed by atoms with Gasteiger partial charge >= 0.3 is 65.2 Å². The van der Waals surface area contributed by atoms with Crippen LogP contribution in [0, 0.1) is 35.6 Å². The second-order valence-electron chi connectivity index (χ2n) is 0.250. The summed E-state index contributed by atoms with van der Waals surface area (Å²) in [7, 11) is 0. The first-order valence-electron chi connectivity index (χ1n) is 0.612. The van der Waals surface area contributed by atoms with Crippen LogP contribution in [0.3, 0.4) is 0 Å². The summed E-state index contributed by atoms with van der Waals surface area (Å²) in [6.45, 7) is 0. The first-order chi connectivity index (χ1) is 1.73. The molecule has 0 aliphatic rings. The molecule has 4 nitrogen and oxygen atoms in total. The number of hydrogen-bond donors (Lipinski definition) is 0. The number of hydrogen-bond acceptors (Lipinski definition) is 3. The van der Waals surface area contributed by atoms with Crippen molar-refractivity contribution in [3.05, 3.63) is 0 Å². The summed E-state index contributed by atoms with van der Waals surface area (Å²) in [6, 6.07) is 0. The maximum absolute atomic E-state index is 8.33. The predicted octanol–water partition coefficient (Wildman–Crippen LogP) is -5.56. The first-order valence-corrected chi connectivity index (χ1v) is 0.612. The van der Waals surface area contributed by atoms with E-state index in [1.54, 1.807) is 0 Å². The van der Waals surface area contributed by atoms with Gasteiger partial charge in [-0.25, -0.2) is 0 Å². The van der Waals surface area contributed by atoms with Crippen LogP contribution in [0.25, 0.3) is 0 Å². The smallest absolute Gasteiger partial charge is 2.00 e. The van der Waals surface area contributed by atoms with E-state index in [9.17, 15) is 0 Å². The van der Waals surface area contributed by atoms with Crippen LogP contribution in [-0.2, 0) is 5.48 Å². The van der Waals surface area contributed by atoms with E-state index in [-0.39, 0.29) is 70.6 Å². The quantitative estimate of drug-likeness (QED) is 0.394. The van der Waals surface area contributed by atoms with E-state index in [0.29, 0.717) is 0 Å². The first kappa shape index (κ1) is 23.7. The zero-order chi connectivity index (χ0) is 3.58. The Morgan fingerprint density at radius 2 is 1.29 bits per heavy atom. The van der Waals surface area contributed by atoms with Crippen LogP contribution in [0.15, 0.2) is 0 Å². The van der Waals surface area contributed by atoms with Crippen molar-refractivity contribution >= 4 is 6.16 Å². The van der Waals surface area contributed by atoms with Gasteiger partial charge in [-0.2, -0.15) is 0 Å². The summed E-state index contributed by atoms with van der Waals surface area (Å²) in [4.78, 5) is 8.33. The molecule has 0 aromatic rings. The van der Waals surface area contributed by atoms with Gasteiger partial charge in [-0.3, -0.25) is 0 Å². The van der Waals surface area contributed by atoms with E-state index in [1.807, 2.05) is 0 Å². The summed E-state index contributed by atoms with van der Waals surface area (Å²) in [5.74, 6) is 0. The van der Waals surface area contributed by atoms with Gasteiger partial charge in [-0.15, -0.1) is 0 Å². The van der Waals surface area contributed by atoms with Gasteiger partial charge in [0.25, 0.3) is 0 Å². The van der Waals surface area contributed by atoms with Crippen LogP contribution in [0.5, 0.6) is 0 Å². The van der Waals surface area contributed by atoms with Crippen molar-refractivity contribution in [3.8, 4) is 0 Å². The summed E-state index contributed by atoms with van der Waals surface area (Å²) in [5, 5.41) is 16.7. The zero-order valence-corrected chi connectivity index (χ0v) is 9.34. The average molecular weight is 238 g/mol. The SMILES string of the molecule is O=C([O-])[O-].[La+3].[Na+].[O-2]. The third-order valence-electron chi connectivity index (χ3n) is 0. The van der Waals surface area contributed by atoms with E-state index >= 15 is 0 Å². The maximum Gasteiger partial charge on any atom is 3.00 e. The normalized spacial score (nSPS) is 3.43. The van der Waals surface area contributed by atoms with Crippen molar-refractivity contribution in [2.75, 3.05) is 0 Å². The number of carbonyl (C=O) groups excluding carboxylic acids is 1. The van der Waals surface area contributed by atoms with E-state index in [1.165, 1.54) is 0 Å². The Morgan fingerprint density at radius 3 is 1.29 bits per heavy atom. The second-order valence-corrected chi connectivity index (χ2v) is 0.250. The molecule has 0 aromatic carbocycles. The molecule has 6 heteroatoms. The molecule has 0 amide bonds. The van der Waals surface area contributed by atoms with Crippen LogP contribution >= 0.6 is 0 Å². The van der Waals surface area contributed by atoms with Gasteiger partial charge in [0, 0.05) is 0 Å². The molecule has 0 atom stereocenters. The Balaban J connectivity index is -0.0000000150. The van der Waals surface area contributed by atoms with Gasteiger partial charge < -0.3 is 20.5 Å². The minimum Gasteiger partial charge on any atom is -2.00 e. The number of carbonyl (C=O) groups is 1. The monoisotopic (exact) mass is 238 g/mol. The van der Waals surface area contributed by atoms with Crippen molar-refractivity contribution in [1.82, 2.24) is 0 Å². The van der Waals surface area contributed by atoms with E-state index in [0.717, 1.165) is 0 Å². The minimum absolute atomic E-state index is 0. The van der Waals surface area contributed by atoms with Gasteiger partial charge in [0.2, 0.25) is 0 Å². The Kier molecular flexibility index (Phi) is 53.0. The Morgan fingerprint density at radius 1 is 1.29 bits per heavy atom. The Labute approximate surface area is 90.5 Å². The molecule has 0 bridgehead atoms. The summed E-state index contributed by atoms with van der Waals surface area (Å²) in [6.07, 6.45) is -2.33. The van der Waals surface area contributed by atoms with Crippen molar-refractivity contribution in [1.29, 1.82) is 0 Å². The topological polar surface area (TPSA) is 91.7 Å². The molecular weight excluding hydrogens is 238 g/mol. The van der Waals surface area contributed by atoms with E-state index < -0.39 is 6.16 Å². The van der Waals surface area contributed by atoms with Gasteiger partial charge in [0.15, 0.2) is 0 Å². The van der Waals surface area contributed by atoms with E-state index in [2.05, 4.69) is 0 Å². The van der Waals surface area contributed by atoms with Crippen molar-refractivity contribution in [2.45, 2.75) is 0 Å². The standard InChI is InChI=1S/CH2O3.La.Na.O/c2-1(3)4;;;/h(H2,2,3,4);;;/q;+3;+1;-2/p-2. The van der Waals surface area contributed by atoms with E-state index in [4.69, 9.17) is 15.0 Å². The Hall–Kier alpha value is 1.42. The molecule has 7 heavy (non-hydrogen) atoms. The molecule has 0 aromatic heterocycles. The minimum atomic E-state index is -2.33. The van der Waals surface area contributed by atoms with Crippen molar-refractivity contribution in [3.63, 3.8) is 0 Å². The predicted molar refractivity (Wildman–Crippen MR) is 6.08 cm³/mol. The fourth-order valence-electron chi connectivity index (χ4n) is 0. The molecule has 0 aliphatic carbocycles. The molecular formula is CLaNaO4. The van der Waals surface area contributed by atoms with Crippen LogP contribution in [-0.4, -0.2) is 6.16 Å². The molecule has 0 radical (unpaired) electrons. The van der Waals surface area contributed by atoms with Gasteiger partial charge in [0.1, 0.15) is 0 Å². The van der Waals surface area contributed by atoms with Crippen LogP contribution in [0.4, 0.5) is 4.79 Å². The molecule has 0 saturated heterocycles.